The van der Waals surface area contributed by atoms with Gasteiger partial charge in [0, 0.05) is 6.42 Å². The van der Waals surface area contributed by atoms with Crippen molar-refractivity contribution in [3.63, 3.8) is 0 Å². The fourth-order valence-electron chi connectivity index (χ4n) is 3.20. The van der Waals surface area contributed by atoms with Crippen molar-refractivity contribution in [2.45, 2.75) is 110 Å². The molecular formula is C20H41NO2. The van der Waals surface area contributed by atoms with Gasteiger partial charge in [0.25, 0.3) is 0 Å². The van der Waals surface area contributed by atoms with E-state index in [4.69, 9.17) is 10.5 Å². The van der Waals surface area contributed by atoms with E-state index in [2.05, 4.69) is 13.8 Å². The summed E-state index contributed by atoms with van der Waals surface area (Å²) < 4.78 is 4.76. The molecule has 0 heterocycles. The van der Waals surface area contributed by atoms with Gasteiger partial charge in [0.05, 0.1) is 0 Å². The van der Waals surface area contributed by atoms with Gasteiger partial charge in [-0.2, -0.15) is 0 Å². The molecule has 0 spiro atoms. The monoisotopic (exact) mass is 327 g/mol. The number of esters is 1. The lowest BCUT2D eigenvalue weighted by atomic mass is 9.89. The standard InChI is InChI=1S/C20H41NO2/c1-3-5-7-10-14-19(15-11-8-6-4-2)16-12-9-13-17-20(22)23-18-21/h19H,3-18,21H2,1-2H3. The zero-order valence-corrected chi connectivity index (χ0v) is 15.8. The molecule has 0 unspecified atom stereocenters. The predicted molar refractivity (Wildman–Crippen MR) is 99.2 cm³/mol. The second-order valence-electron chi connectivity index (χ2n) is 6.85. The minimum absolute atomic E-state index is 0.0103. The summed E-state index contributed by atoms with van der Waals surface area (Å²) >= 11 is 0. The number of nitrogens with two attached hydrogens (primary N) is 1. The highest BCUT2D eigenvalue weighted by molar-refractivity contribution is 5.69. The molecule has 0 bridgehead atoms. The summed E-state index contributed by atoms with van der Waals surface area (Å²) in [6.45, 7) is 4.56. The third-order valence-electron chi connectivity index (χ3n) is 4.67. The van der Waals surface area contributed by atoms with Gasteiger partial charge < -0.3 is 4.74 Å². The van der Waals surface area contributed by atoms with Crippen LogP contribution in [0.25, 0.3) is 0 Å². The van der Waals surface area contributed by atoms with Crippen LogP contribution in [-0.4, -0.2) is 12.7 Å². The highest BCUT2D eigenvalue weighted by atomic mass is 16.5. The van der Waals surface area contributed by atoms with Crippen molar-refractivity contribution in [1.29, 1.82) is 0 Å². The van der Waals surface area contributed by atoms with Crippen LogP contribution in [0.2, 0.25) is 0 Å². The lowest BCUT2D eigenvalue weighted by Crippen LogP contribution is -2.11. The Morgan fingerprint density at radius 2 is 1.26 bits per heavy atom. The van der Waals surface area contributed by atoms with Crippen LogP contribution in [0.15, 0.2) is 0 Å². The van der Waals surface area contributed by atoms with Crippen molar-refractivity contribution in [2.75, 3.05) is 6.73 Å². The smallest absolute Gasteiger partial charge is 0.307 e. The molecule has 0 aromatic rings. The van der Waals surface area contributed by atoms with Gasteiger partial charge >= 0.3 is 5.97 Å². The van der Waals surface area contributed by atoms with Gasteiger partial charge in [-0.05, 0) is 12.3 Å². The number of carbonyl (C=O) groups is 1. The van der Waals surface area contributed by atoms with Crippen LogP contribution < -0.4 is 5.73 Å². The van der Waals surface area contributed by atoms with Crippen LogP contribution in [-0.2, 0) is 9.53 Å². The first-order chi connectivity index (χ1) is 11.2. The Hall–Kier alpha value is -0.570. The molecule has 0 radical (unpaired) electrons. The highest BCUT2D eigenvalue weighted by Gasteiger charge is 2.09. The van der Waals surface area contributed by atoms with E-state index in [9.17, 15) is 4.79 Å². The molecule has 3 heteroatoms. The van der Waals surface area contributed by atoms with E-state index >= 15 is 0 Å². The van der Waals surface area contributed by atoms with E-state index in [0.29, 0.717) is 6.42 Å². The van der Waals surface area contributed by atoms with Crippen molar-refractivity contribution < 1.29 is 9.53 Å². The van der Waals surface area contributed by atoms with E-state index in [1.54, 1.807) is 0 Å². The molecule has 0 saturated heterocycles. The lowest BCUT2D eigenvalue weighted by Gasteiger charge is -2.17. The summed E-state index contributed by atoms with van der Waals surface area (Å²) in [6.07, 6.45) is 19.0. The first-order valence-electron chi connectivity index (χ1n) is 10.1. The second-order valence-corrected chi connectivity index (χ2v) is 6.85. The number of hydrogen-bond acceptors (Lipinski definition) is 3. The summed E-state index contributed by atoms with van der Waals surface area (Å²) in [5.41, 5.74) is 5.19. The third kappa shape index (κ3) is 16.1. The van der Waals surface area contributed by atoms with E-state index in [1.165, 1.54) is 77.0 Å². The fraction of sp³-hybridized carbons (Fsp3) is 0.950. The molecule has 0 aliphatic heterocycles. The van der Waals surface area contributed by atoms with Crippen LogP contribution in [0.1, 0.15) is 110 Å². The largest absolute Gasteiger partial charge is 0.450 e. The van der Waals surface area contributed by atoms with Gasteiger partial charge in [-0.25, -0.2) is 0 Å². The van der Waals surface area contributed by atoms with E-state index in [1.807, 2.05) is 0 Å². The molecule has 0 saturated carbocycles. The Balaban J connectivity index is 3.78. The molecular weight excluding hydrogens is 286 g/mol. The number of ether oxygens (including phenoxy) is 1. The SMILES string of the molecule is CCCCCCC(CCCCCC)CCCCCC(=O)OCN. The lowest BCUT2D eigenvalue weighted by molar-refractivity contribution is -0.143. The van der Waals surface area contributed by atoms with Gasteiger partial charge in [0.15, 0.2) is 0 Å². The van der Waals surface area contributed by atoms with E-state index < -0.39 is 0 Å². The summed E-state index contributed by atoms with van der Waals surface area (Å²) in [7, 11) is 0. The average Bonchev–Trinajstić information content (AvgIpc) is 2.54. The zero-order chi connectivity index (χ0) is 17.2. The number of hydrogen-bond donors (Lipinski definition) is 1. The van der Waals surface area contributed by atoms with Crippen LogP contribution in [0.4, 0.5) is 0 Å². The molecule has 0 atom stereocenters. The van der Waals surface area contributed by atoms with Crippen molar-refractivity contribution in [3.8, 4) is 0 Å². The quantitative estimate of drug-likeness (QED) is 0.204. The maximum absolute atomic E-state index is 11.2. The highest BCUT2D eigenvalue weighted by Crippen LogP contribution is 2.24. The Labute approximate surface area is 144 Å². The minimum atomic E-state index is -0.150. The van der Waals surface area contributed by atoms with Crippen LogP contribution >= 0.6 is 0 Å². The molecule has 0 aromatic carbocycles. The Morgan fingerprint density at radius 3 is 1.70 bits per heavy atom. The van der Waals surface area contributed by atoms with Gasteiger partial charge in [0.2, 0.25) is 0 Å². The topological polar surface area (TPSA) is 52.3 Å². The number of rotatable bonds is 17. The van der Waals surface area contributed by atoms with E-state index in [-0.39, 0.29) is 12.7 Å². The van der Waals surface area contributed by atoms with Crippen LogP contribution in [0.5, 0.6) is 0 Å². The minimum Gasteiger partial charge on any atom is -0.450 e. The Morgan fingerprint density at radius 1 is 0.783 bits per heavy atom. The number of unbranched alkanes of at least 4 members (excludes halogenated alkanes) is 8. The number of carbonyl (C=O) groups excluding carboxylic acids is 1. The molecule has 0 amide bonds. The summed E-state index contributed by atoms with van der Waals surface area (Å²) in [5.74, 6) is 0.753. The summed E-state index contributed by atoms with van der Waals surface area (Å²) in [6, 6.07) is 0. The molecule has 2 N–H and O–H groups in total. The van der Waals surface area contributed by atoms with Crippen molar-refractivity contribution in [2.24, 2.45) is 11.7 Å². The third-order valence-corrected chi connectivity index (χ3v) is 4.67. The molecule has 23 heavy (non-hydrogen) atoms. The zero-order valence-electron chi connectivity index (χ0n) is 15.8. The van der Waals surface area contributed by atoms with Gasteiger partial charge in [-0.3, -0.25) is 10.5 Å². The predicted octanol–water partition coefficient (Wildman–Crippen LogP) is 5.95. The maximum Gasteiger partial charge on any atom is 0.307 e. The second kappa shape index (κ2) is 17.8. The van der Waals surface area contributed by atoms with Crippen molar-refractivity contribution in [1.82, 2.24) is 0 Å². The first kappa shape index (κ1) is 22.4. The molecule has 138 valence electrons. The molecule has 0 rings (SSSR count). The van der Waals surface area contributed by atoms with Gasteiger partial charge in [0.1, 0.15) is 6.73 Å². The Kier molecular flexibility index (Phi) is 17.3. The molecule has 0 aliphatic rings. The molecule has 0 aliphatic carbocycles. The fourth-order valence-corrected chi connectivity index (χ4v) is 3.20. The molecule has 3 nitrogen and oxygen atoms in total. The average molecular weight is 328 g/mol. The van der Waals surface area contributed by atoms with Crippen LogP contribution in [0, 0.1) is 5.92 Å². The molecule has 0 fully saturated rings. The maximum atomic E-state index is 11.2. The van der Waals surface area contributed by atoms with Gasteiger partial charge in [-0.1, -0.05) is 97.3 Å². The first-order valence-corrected chi connectivity index (χ1v) is 10.1. The summed E-state index contributed by atoms with van der Waals surface area (Å²) in [5, 5.41) is 0. The summed E-state index contributed by atoms with van der Waals surface area (Å²) in [4.78, 5) is 11.2. The van der Waals surface area contributed by atoms with Crippen LogP contribution in [0.3, 0.4) is 0 Å². The molecule has 0 aromatic heterocycles. The van der Waals surface area contributed by atoms with E-state index in [0.717, 1.165) is 18.8 Å². The normalized spacial score (nSPS) is 11.1. The Bertz CT molecular complexity index is 244. The van der Waals surface area contributed by atoms with Crippen molar-refractivity contribution >= 4 is 5.97 Å². The van der Waals surface area contributed by atoms with Gasteiger partial charge in [-0.15, -0.1) is 0 Å². The van der Waals surface area contributed by atoms with Crippen molar-refractivity contribution in [3.05, 3.63) is 0 Å².